The van der Waals surface area contributed by atoms with Crippen molar-refractivity contribution in [2.45, 2.75) is 19.2 Å². The monoisotopic (exact) mass is 220 g/mol. The molecule has 0 heterocycles. The van der Waals surface area contributed by atoms with Crippen LogP contribution in [0.15, 0.2) is 18.2 Å². The zero-order valence-electron chi connectivity index (χ0n) is 8.30. The first-order valence-electron chi connectivity index (χ1n) is 4.30. The number of hydrogen-bond acceptors (Lipinski definition) is 2. The van der Waals surface area contributed by atoms with Crippen LogP contribution in [0.5, 0.6) is 5.75 Å². The van der Waals surface area contributed by atoms with Crippen LogP contribution in [0, 0.1) is 0 Å². The molecule has 84 valence electrons. The van der Waals surface area contributed by atoms with Gasteiger partial charge in [-0.3, -0.25) is 0 Å². The van der Waals surface area contributed by atoms with Crippen molar-refractivity contribution >= 4 is 0 Å². The van der Waals surface area contributed by atoms with Gasteiger partial charge in [0, 0.05) is 5.56 Å². The molecular weight excluding hydrogens is 209 g/mol. The first kappa shape index (κ1) is 11.8. The molecule has 1 N–H and O–H groups in total. The summed E-state index contributed by atoms with van der Waals surface area (Å²) in [4.78, 5) is 0. The van der Waals surface area contributed by atoms with Gasteiger partial charge in [0.05, 0.1) is 18.8 Å². The van der Waals surface area contributed by atoms with Crippen LogP contribution in [0.3, 0.4) is 0 Å². The normalized spacial score (nSPS) is 13.7. The molecular formula is C10H11F3O2. The van der Waals surface area contributed by atoms with E-state index in [2.05, 4.69) is 4.74 Å². The van der Waals surface area contributed by atoms with Gasteiger partial charge in [0.15, 0.2) is 0 Å². The Hall–Kier alpha value is -1.23. The van der Waals surface area contributed by atoms with E-state index in [1.807, 2.05) is 0 Å². The minimum atomic E-state index is -4.48. The molecule has 0 aliphatic heterocycles. The predicted octanol–water partition coefficient (Wildman–Crippen LogP) is 2.77. The lowest BCUT2D eigenvalue weighted by atomic mass is 10.0. The predicted molar refractivity (Wildman–Crippen MR) is 48.6 cm³/mol. The Kier molecular flexibility index (Phi) is 3.24. The summed E-state index contributed by atoms with van der Waals surface area (Å²) in [5.41, 5.74) is -0.740. The third kappa shape index (κ3) is 2.41. The molecule has 5 heteroatoms. The average Bonchev–Trinajstić information content (AvgIpc) is 2.15. The summed E-state index contributed by atoms with van der Waals surface area (Å²) in [5.74, 6) is -0.319. The van der Waals surface area contributed by atoms with E-state index in [1.54, 1.807) is 0 Å². The van der Waals surface area contributed by atoms with Gasteiger partial charge in [0.25, 0.3) is 0 Å². The molecule has 0 amide bonds. The number of aliphatic hydroxyl groups excluding tert-OH is 1. The van der Waals surface area contributed by atoms with E-state index in [0.29, 0.717) is 0 Å². The summed E-state index contributed by atoms with van der Waals surface area (Å²) >= 11 is 0. The number of rotatable bonds is 2. The van der Waals surface area contributed by atoms with Gasteiger partial charge in [-0.1, -0.05) is 12.1 Å². The molecule has 0 unspecified atom stereocenters. The number of halogens is 3. The van der Waals surface area contributed by atoms with Crippen molar-refractivity contribution in [3.8, 4) is 5.75 Å². The van der Waals surface area contributed by atoms with Gasteiger partial charge >= 0.3 is 6.18 Å². The van der Waals surface area contributed by atoms with Crippen molar-refractivity contribution in [3.63, 3.8) is 0 Å². The topological polar surface area (TPSA) is 29.5 Å². The molecule has 0 bridgehead atoms. The van der Waals surface area contributed by atoms with Crippen LogP contribution >= 0.6 is 0 Å². The molecule has 0 spiro atoms. The molecule has 0 saturated carbocycles. The maximum absolute atomic E-state index is 12.5. The van der Waals surface area contributed by atoms with E-state index in [0.717, 1.165) is 13.2 Å². The van der Waals surface area contributed by atoms with Gasteiger partial charge in [-0.25, -0.2) is 0 Å². The van der Waals surface area contributed by atoms with Crippen molar-refractivity contribution in [2.75, 3.05) is 7.11 Å². The fourth-order valence-electron chi connectivity index (χ4n) is 1.33. The van der Waals surface area contributed by atoms with Crippen LogP contribution in [-0.2, 0) is 6.18 Å². The summed E-state index contributed by atoms with van der Waals surface area (Å²) < 4.78 is 42.2. The highest BCUT2D eigenvalue weighted by Gasteiger charge is 2.35. The second kappa shape index (κ2) is 4.10. The Morgan fingerprint density at radius 2 is 1.93 bits per heavy atom. The molecule has 15 heavy (non-hydrogen) atoms. The molecule has 1 aromatic carbocycles. The minimum Gasteiger partial charge on any atom is -0.496 e. The standard InChI is InChI=1S/C10H11F3O2/c1-6(14)7-4-3-5-8(9(7)15-2)10(11,12)13/h3-6,14H,1-2H3/t6-/m0/s1. The summed E-state index contributed by atoms with van der Waals surface area (Å²) in [5, 5.41) is 9.28. The number of methoxy groups -OCH3 is 1. The summed E-state index contributed by atoms with van der Waals surface area (Å²) in [6.45, 7) is 1.39. The summed E-state index contributed by atoms with van der Waals surface area (Å²) in [7, 11) is 1.15. The average molecular weight is 220 g/mol. The van der Waals surface area contributed by atoms with E-state index >= 15 is 0 Å². The smallest absolute Gasteiger partial charge is 0.419 e. The van der Waals surface area contributed by atoms with E-state index in [4.69, 9.17) is 0 Å². The third-order valence-electron chi connectivity index (χ3n) is 2.01. The van der Waals surface area contributed by atoms with Gasteiger partial charge in [0.2, 0.25) is 0 Å². The van der Waals surface area contributed by atoms with Gasteiger partial charge in [0.1, 0.15) is 5.75 Å². The van der Waals surface area contributed by atoms with E-state index in [9.17, 15) is 18.3 Å². The van der Waals surface area contributed by atoms with E-state index < -0.39 is 17.8 Å². The second-order valence-corrected chi connectivity index (χ2v) is 3.10. The van der Waals surface area contributed by atoms with Gasteiger partial charge < -0.3 is 9.84 Å². The van der Waals surface area contributed by atoms with Crippen molar-refractivity contribution in [2.24, 2.45) is 0 Å². The van der Waals surface area contributed by atoms with Crippen molar-refractivity contribution in [3.05, 3.63) is 29.3 Å². The molecule has 2 nitrogen and oxygen atoms in total. The molecule has 0 radical (unpaired) electrons. The first-order valence-corrected chi connectivity index (χ1v) is 4.30. The fourth-order valence-corrected chi connectivity index (χ4v) is 1.33. The van der Waals surface area contributed by atoms with Gasteiger partial charge in [-0.05, 0) is 13.0 Å². The maximum Gasteiger partial charge on any atom is 0.419 e. The molecule has 0 aromatic heterocycles. The highest BCUT2D eigenvalue weighted by Crippen LogP contribution is 2.39. The lowest BCUT2D eigenvalue weighted by molar-refractivity contribution is -0.138. The van der Waals surface area contributed by atoms with Crippen LogP contribution < -0.4 is 4.74 Å². The third-order valence-corrected chi connectivity index (χ3v) is 2.01. The second-order valence-electron chi connectivity index (χ2n) is 3.10. The highest BCUT2D eigenvalue weighted by molar-refractivity contribution is 5.44. The zero-order valence-corrected chi connectivity index (χ0v) is 8.30. The SMILES string of the molecule is COc1c([C@H](C)O)cccc1C(F)(F)F. The van der Waals surface area contributed by atoms with E-state index in [1.165, 1.54) is 19.1 Å². The van der Waals surface area contributed by atoms with Crippen molar-refractivity contribution in [1.82, 2.24) is 0 Å². The van der Waals surface area contributed by atoms with Gasteiger partial charge in [-0.2, -0.15) is 13.2 Å². The van der Waals surface area contributed by atoms with Crippen LogP contribution in [0.2, 0.25) is 0 Å². The van der Waals surface area contributed by atoms with E-state index in [-0.39, 0.29) is 11.3 Å². The molecule has 1 rings (SSSR count). The van der Waals surface area contributed by atoms with Crippen LogP contribution in [-0.4, -0.2) is 12.2 Å². The number of ether oxygens (including phenoxy) is 1. The number of para-hydroxylation sites is 1. The molecule has 0 fully saturated rings. The lowest BCUT2D eigenvalue weighted by Gasteiger charge is -2.16. The molecule has 0 aliphatic carbocycles. The van der Waals surface area contributed by atoms with Crippen molar-refractivity contribution in [1.29, 1.82) is 0 Å². The molecule has 0 saturated heterocycles. The first-order chi connectivity index (χ1) is 6.88. The van der Waals surface area contributed by atoms with Gasteiger partial charge in [-0.15, -0.1) is 0 Å². The fraction of sp³-hybridized carbons (Fsp3) is 0.400. The van der Waals surface area contributed by atoms with Crippen LogP contribution in [0.4, 0.5) is 13.2 Å². The Bertz CT molecular complexity index is 345. The highest BCUT2D eigenvalue weighted by atomic mass is 19.4. The Morgan fingerprint density at radius 1 is 1.33 bits per heavy atom. The summed E-state index contributed by atoms with van der Waals surface area (Å²) in [6, 6.07) is 3.57. The zero-order chi connectivity index (χ0) is 11.6. The molecule has 1 atom stereocenters. The Balaban J connectivity index is 3.35. The lowest BCUT2D eigenvalue weighted by Crippen LogP contribution is -2.09. The Morgan fingerprint density at radius 3 is 2.33 bits per heavy atom. The van der Waals surface area contributed by atoms with Crippen molar-refractivity contribution < 1.29 is 23.0 Å². The quantitative estimate of drug-likeness (QED) is 0.830. The number of benzene rings is 1. The Labute approximate surface area is 85.3 Å². The number of hydrogen-bond donors (Lipinski definition) is 1. The molecule has 0 aliphatic rings. The summed E-state index contributed by atoms with van der Waals surface area (Å²) in [6.07, 6.45) is -5.47. The largest absolute Gasteiger partial charge is 0.496 e. The molecule has 1 aromatic rings. The number of alkyl halides is 3. The number of aliphatic hydroxyl groups is 1. The van der Waals surface area contributed by atoms with Crippen LogP contribution in [0.25, 0.3) is 0 Å². The maximum atomic E-state index is 12.5. The minimum absolute atomic E-state index is 0.132. The van der Waals surface area contributed by atoms with Crippen LogP contribution in [0.1, 0.15) is 24.2 Å².